The van der Waals surface area contributed by atoms with E-state index in [1.807, 2.05) is 0 Å². The molecule has 2 N–H and O–H groups in total. The molecule has 0 aliphatic heterocycles. The number of hydrogen-bond acceptors (Lipinski definition) is 5. The van der Waals surface area contributed by atoms with Gasteiger partial charge in [-0.1, -0.05) is 24.3 Å². The smallest absolute Gasteiger partial charge is 0.161 e. The summed E-state index contributed by atoms with van der Waals surface area (Å²) in [4.78, 5) is 0. The van der Waals surface area contributed by atoms with Crippen molar-refractivity contribution < 1.29 is 28.5 Å². The predicted octanol–water partition coefficient (Wildman–Crippen LogP) is 5.92. The second-order valence-corrected chi connectivity index (χ2v) is 7.56. The van der Waals surface area contributed by atoms with Crippen LogP contribution in [0.1, 0.15) is 22.5 Å². The number of ether oxygens (including phenoxy) is 2. The molecule has 0 aliphatic carbocycles. The van der Waals surface area contributed by atoms with Crippen molar-refractivity contribution in [2.24, 2.45) is 0 Å². The fourth-order valence-corrected chi connectivity index (χ4v) is 3.44. The standard InChI is InChI=1S/C27H22F2N2O4/c1-34-26-11-17(5-9-24(26)32)3-7-21-16-22(8-4-18-6-10-25(33)27(12-18)35-2)31(30-21)23-14-19(28)13-20(29)15-23/h3-16,32-33H,1-2H3/b7-3+,8-4+. The van der Waals surface area contributed by atoms with Gasteiger partial charge in [-0.3, -0.25) is 0 Å². The molecule has 35 heavy (non-hydrogen) atoms. The molecule has 178 valence electrons. The Morgan fingerprint density at radius 2 is 1.26 bits per heavy atom. The fourth-order valence-electron chi connectivity index (χ4n) is 3.44. The number of methoxy groups -OCH3 is 2. The Hall–Kier alpha value is -4.59. The van der Waals surface area contributed by atoms with Gasteiger partial charge >= 0.3 is 0 Å². The lowest BCUT2D eigenvalue weighted by atomic mass is 10.1. The van der Waals surface area contributed by atoms with Gasteiger partial charge in [0.25, 0.3) is 0 Å². The molecule has 0 fully saturated rings. The monoisotopic (exact) mass is 476 g/mol. The molecule has 0 saturated carbocycles. The van der Waals surface area contributed by atoms with Gasteiger partial charge in [0.15, 0.2) is 23.0 Å². The highest BCUT2D eigenvalue weighted by Gasteiger charge is 2.10. The number of nitrogens with zero attached hydrogens (tertiary/aromatic N) is 2. The van der Waals surface area contributed by atoms with Crippen molar-refractivity contribution in [1.29, 1.82) is 0 Å². The Morgan fingerprint density at radius 3 is 1.80 bits per heavy atom. The molecule has 0 saturated heterocycles. The summed E-state index contributed by atoms with van der Waals surface area (Å²) in [6.07, 6.45) is 7.02. The summed E-state index contributed by atoms with van der Waals surface area (Å²) in [6, 6.07) is 14.7. The number of rotatable bonds is 7. The molecule has 0 radical (unpaired) electrons. The van der Waals surface area contributed by atoms with E-state index in [1.165, 1.54) is 43.2 Å². The highest BCUT2D eigenvalue weighted by atomic mass is 19.1. The lowest BCUT2D eigenvalue weighted by Crippen LogP contribution is -2.00. The first-order chi connectivity index (χ1) is 16.9. The van der Waals surface area contributed by atoms with Crippen LogP contribution in [0.2, 0.25) is 0 Å². The third-order valence-corrected chi connectivity index (χ3v) is 5.15. The number of aromatic hydroxyl groups is 2. The Labute approximate surface area is 200 Å². The van der Waals surface area contributed by atoms with Crippen LogP contribution in [0.4, 0.5) is 8.78 Å². The van der Waals surface area contributed by atoms with Gasteiger partial charge in [-0.05, 0) is 65.7 Å². The van der Waals surface area contributed by atoms with E-state index in [2.05, 4.69) is 5.10 Å². The number of hydrogen-bond donors (Lipinski definition) is 2. The average Bonchev–Trinajstić information content (AvgIpc) is 3.25. The predicted molar refractivity (Wildman–Crippen MR) is 131 cm³/mol. The molecule has 8 heteroatoms. The maximum Gasteiger partial charge on any atom is 0.161 e. The quantitative estimate of drug-likeness (QED) is 0.346. The average molecular weight is 476 g/mol. The van der Waals surface area contributed by atoms with Crippen LogP contribution in [0.3, 0.4) is 0 Å². The summed E-state index contributed by atoms with van der Waals surface area (Å²) >= 11 is 0. The lowest BCUT2D eigenvalue weighted by molar-refractivity contribution is 0.373. The summed E-state index contributed by atoms with van der Waals surface area (Å²) in [5, 5.41) is 24.1. The van der Waals surface area contributed by atoms with E-state index in [0.717, 1.165) is 17.2 Å². The number of halogens is 2. The summed E-state index contributed by atoms with van der Waals surface area (Å²) in [7, 11) is 2.92. The van der Waals surface area contributed by atoms with E-state index in [1.54, 1.807) is 54.6 Å². The Morgan fingerprint density at radius 1 is 0.714 bits per heavy atom. The maximum absolute atomic E-state index is 13.9. The fraction of sp³-hybridized carbons (Fsp3) is 0.0741. The summed E-state index contributed by atoms with van der Waals surface area (Å²) < 4.78 is 39.5. The molecule has 1 aromatic heterocycles. The summed E-state index contributed by atoms with van der Waals surface area (Å²) in [5.74, 6) is -0.741. The molecule has 0 aliphatic rings. The van der Waals surface area contributed by atoms with Crippen LogP contribution in [0.15, 0.2) is 60.7 Å². The van der Waals surface area contributed by atoms with Gasteiger partial charge in [-0.2, -0.15) is 5.10 Å². The molecule has 6 nitrogen and oxygen atoms in total. The van der Waals surface area contributed by atoms with Crippen molar-refractivity contribution in [2.45, 2.75) is 0 Å². The molecule has 3 aromatic carbocycles. The van der Waals surface area contributed by atoms with Gasteiger partial charge in [-0.15, -0.1) is 0 Å². The van der Waals surface area contributed by atoms with Crippen LogP contribution < -0.4 is 9.47 Å². The van der Waals surface area contributed by atoms with Crippen molar-refractivity contribution >= 4 is 24.3 Å². The minimum absolute atomic E-state index is 0.0169. The zero-order valence-corrected chi connectivity index (χ0v) is 18.9. The molecular weight excluding hydrogens is 454 g/mol. The number of phenolic OH excluding ortho intramolecular Hbond substituents is 2. The van der Waals surface area contributed by atoms with Crippen LogP contribution in [0.5, 0.6) is 23.0 Å². The van der Waals surface area contributed by atoms with Gasteiger partial charge in [0.1, 0.15) is 11.6 Å². The zero-order chi connectivity index (χ0) is 24.9. The van der Waals surface area contributed by atoms with Crippen molar-refractivity contribution in [3.8, 4) is 28.7 Å². The normalized spacial score (nSPS) is 11.4. The van der Waals surface area contributed by atoms with Crippen molar-refractivity contribution in [3.63, 3.8) is 0 Å². The van der Waals surface area contributed by atoms with Crippen LogP contribution in [-0.2, 0) is 0 Å². The van der Waals surface area contributed by atoms with Crippen LogP contribution in [0, 0.1) is 11.6 Å². The summed E-state index contributed by atoms with van der Waals surface area (Å²) in [5.41, 5.74) is 2.82. The first-order valence-corrected chi connectivity index (χ1v) is 10.5. The van der Waals surface area contributed by atoms with Crippen LogP contribution in [-0.4, -0.2) is 34.2 Å². The minimum atomic E-state index is -0.720. The molecule has 1 heterocycles. The molecule has 4 rings (SSSR count). The van der Waals surface area contributed by atoms with E-state index < -0.39 is 11.6 Å². The number of benzene rings is 3. The van der Waals surface area contributed by atoms with Gasteiger partial charge in [-0.25, -0.2) is 13.5 Å². The third kappa shape index (κ3) is 5.50. The van der Waals surface area contributed by atoms with Crippen LogP contribution in [0.25, 0.3) is 30.0 Å². The highest BCUT2D eigenvalue weighted by Crippen LogP contribution is 2.28. The molecule has 0 unspecified atom stereocenters. The molecule has 0 spiro atoms. The van der Waals surface area contributed by atoms with Gasteiger partial charge in [0.2, 0.25) is 0 Å². The zero-order valence-electron chi connectivity index (χ0n) is 18.9. The van der Waals surface area contributed by atoms with E-state index in [9.17, 15) is 19.0 Å². The Kier molecular flexibility index (Phi) is 6.82. The first-order valence-electron chi connectivity index (χ1n) is 10.5. The maximum atomic E-state index is 13.9. The molecule has 0 bridgehead atoms. The van der Waals surface area contributed by atoms with Crippen LogP contribution >= 0.6 is 0 Å². The number of phenols is 2. The molecule has 0 amide bonds. The SMILES string of the molecule is COc1cc(/C=C/c2cc(/C=C/c3ccc(O)c(OC)c3)n(-c3cc(F)cc(F)c3)n2)ccc1O. The third-order valence-electron chi connectivity index (χ3n) is 5.15. The van der Waals surface area contributed by atoms with Gasteiger partial charge in [0.05, 0.1) is 31.3 Å². The first kappa shape index (κ1) is 23.6. The highest BCUT2D eigenvalue weighted by molar-refractivity contribution is 5.74. The topological polar surface area (TPSA) is 76.7 Å². The van der Waals surface area contributed by atoms with Gasteiger partial charge in [0, 0.05) is 6.07 Å². The van der Waals surface area contributed by atoms with E-state index in [0.29, 0.717) is 22.9 Å². The van der Waals surface area contributed by atoms with E-state index >= 15 is 0 Å². The van der Waals surface area contributed by atoms with Gasteiger partial charge < -0.3 is 19.7 Å². The van der Waals surface area contributed by atoms with E-state index in [-0.39, 0.29) is 17.2 Å². The van der Waals surface area contributed by atoms with E-state index in [4.69, 9.17) is 9.47 Å². The Bertz CT molecular complexity index is 1410. The number of aromatic nitrogens is 2. The lowest BCUT2D eigenvalue weighted by Gasteiger charge is -2.06. The minimum Gasteiger partial charge on any atom is -0.504 e. The van der Waals surface area contributed by atoms with Crippen molar-refractivity contribution in [3.05, 3.63) is 94.8 Å². The molecular formula is C27H22F2N2O4. The van der Waals surface area contributed by atoms with Crippen molar-refractivity contribution in [2.75, 3.05) is 14.2 Å². The summed E-state index contributed by atoms with van der Waals surface area (Å²) in [6.45, 7) is 0. The molecule has 4 aromatic rings. The van der Waals surface area contributed by atoms with Crippen molar-refractivity contribution in [1.82, 2.24) is 9.78 Å². The Balaban J connectivity index is 1.73. The second kappa shape index (κ2) is 10.1. The largest absolute Gasteiger partial charge is 0.504 e. The second-order valence-electron chi connectivity index (χ2n) is 7.56. The molecule has 0 atom stereocenters.